The Labute approximate surface area is 107 Å². The number of carboxylic acid groups (broad SMARTS) is 1. The third-order valence-electron chi connectivity index (χ3n) is 4.13. The van der Waals surface area contributed by atoms with Crippen molar-refractivity contribution < 1.29 is 20.1 Å². The molecule has 2 unspecified atom stereocenters. The Kier molecular flexibility index (Phi) is 3.23. The lowest BCUT2D eigenvalue weighted by Crippen LogP contribution is -2.48. The zero-order valence-corrected chi connectivity index (χ0v) is 10.6. The fourth-order valence-corrected chi connectivity index (χ4v) is 3.48. The van der Waals surface area contributed by atoms with Crippen molar-refractivity contribution in [2.75, 3.05) is 0 Å². The summed E-state index contributed by atoms with van der Waals surface area (Å²) in [5, 5.41) is 27.7. The molecular formula is C14H20O4. The van der Waals surface area contributed by atoms with Gasteiger partial charge in [0.05, 0.1) is 0 Å². The minimum absolute atomic E-state index is 0.176. The summed E-state index contributed by atoms with van der Waals surface area (Å²) in [7, 11) is 0. The minimum atomic E-state index is -0.935. The van der Waals surface area contributed by atoms with Crippen molar-refractivity contribution in [2.45, 2.75) is 44.6 Å². The summed E-state index contributed by atoms with van der Waals surface area (Å²) in [6.45, 7) is 4.60. The lowest BCUT2D eigenvalue weighted by molar-refractivity contribution is -0.132. The van der Waals surface area contributed by atoms with Gasteiger partial charge >= 0.3 is 5.97 Å². The van der Waals surface area contributed by atoms with Gasteiger partial charge in [-0.15, -0.1) is 0 Å². The summed E-state index contributed by atoms with van der Waals surface area (Å²) >= 11 is 0. The molecule has 4 bridgehead atoms. The van der Waals surface area contributed by atoms with E-state index in [2.05, 4.69) is 6.58 Å². The van der Waals surface area contributed by atoms with Crippen LogP contribution in [0.3, 0.4) is 0 Å². The van der Waals surface area contributed by atoms with E-state index in [0.717, 1.165) is 31.3 Å². The van der Waals surface area contributed by atoms with E-state index in [0.29, 0.717) is 17.6 Å². The van der Waals surface area contributed by atoms with Gasteiger partial charge in [-0.25, -0.2) is 4.79 Å². The van der Waals surface area contributed by atoms with Crippen molar-refractivity contribution in [2.24, 2.45) is 11.8 Å². The third kappa shape index (κ3) is 2.29. The van der Waals surface area contributed by atoms with Crippen molar-refractivity contribution in [3.05, 3.63) is 23.5 Å². The normalized spacial score (nSPS) is 36.1. The number of carboxylic acids is 1. The minimum Gasteiger partial charge on any atom is -0.509 e. The molecule has 18 heavy (non-hydrogen) atoms. The fraction of sp³-hybridized carbons (Fsp3) is 0.643. The second-order valence-electron chi connectivity index (χ2n) is 5.85. The van der Waals surface area contributed by atoms with E-state index >= 15 is 0 Å². The van der Waals surface area contributed by atoms with E-state index in [4.69, 9.17) is 5.11 Å². The number of hydrogen-bond donors (Lipinski definition) is 3. The van der Waals surface area contributed by atoms with E-state index in [1.165, 1.54) is 13.3 Å². The zero-order chi connectivity index (χ0) is 13.5. The maximum absolute atomic E-state index is 10.1. The van der Waals surface area contributed by atoms with Crippen LogP contribution < -0.4 is 0 Å². The maximum atomic E-state index is 10.1. The van der Waals surface area contributed by atoms with Crippen LogP contribution in [0.5, 0.6) is 0 Å². The van der Waals surface area contributed by atoms with Gasteiger partial charge in [0.1, 0.15) is 11.4 Å². The Morgan fingerprint density at radius 3 is 2.11 bits per heavy atom. The van der Waals surface area contributed by atoms with Gasteiger partial charge in [0.15, 0.2) is 0 Å². The molecule has 2 atom stereocenters. The highest BCUT2D eigenvalue weighted by Crippen LogP contribution is 2.54. The standard InChI is InChI=1S/C10H14O2.C4H6O2/c11-9-8-2-6-1-7(3-8)5-10(9,12)4-6;1-3(2)4(5)6/h6-7,11-12H,1-5H2;1H2,2H3,(H,5,6). The summed E-state index contributed by atoms with van der Waals surface area (Å²) in [5.41, 5.74) is 0.519. The van der Waals surface area contributed by atoms with Crippen LogP contribution in [0.4, 0.5) is 0 Å². The van der Waals surface area contributed by atoms with E-state index in [9.17, 15) is 15.0 Å². The predicted molar refractivity (Wildman–Crippen MR) is 67.1 cm³/mol. The molecule has 4 rings (SSSR count). The van der Waals surface area contributed by atoms with Crippen molar-refractivity contribution in [1.82, 2.24) is 0 Å². The van der Waals surface area contributed by atoms with Gasteiger partial charge in [-0.2, -0.15) is 0 Å². The summed E-state index contributed by atoms with van der Waals surface area (Å²) in [5.74, 6) is 0.714. The van der Waals surface area contributed by atoms with Gasteiger partial charge in [0, 0.05) is 5.57 Å². The average Bonchev–Trinajstić information content (AvgIpc) is 2.25. The van der Waals surface area contributed by atoms with Gasteiger partial charge in [-0.1, -0.05) is 6.58 Å². The molecule has 0 aromatic heterocycles. The molecule has 4 nitrogen and oxygen atoms in total. The van der Waals surface area contributed by atoms with Gasteiger partial charge < -0.3 is 15.3 Å². The monoisotopic (exact) mass is 252 g/mol. The fourth-order valence-electron chi connectivity index (χ4n) is 3.48. The Morgan fingerprint density at radius 2 is 1.78 bits per heavy atom. The number of aliphatic carboxylic acids is 1. The first-order valence-corrected chi connectivity index (χ1v) is 6.34. The third-order valence-corrected chi connectivity index (χ3v) is 4.13. The molecule has 2 fully saturated rings. The quantitative estimate of drug-likeness (QED) is 0.626. The number of rotatable bonds is 1. The van der Waals surface area contributed by atoms with Crippen LogP contribution in [0.2, 0.25) is 0 Å². The summed E-state index contributed by atoms with van der Waals surface area (Å²) < 4.78 is 0. The molecule has 0 radical (unpaired) electrons. The maximum Gasteiger partial charge on any atom is 0.330 e. The highest BCUT2D eigenvalue weighted by molar-refractivity contribution is 5.84. The van der Waals surface area contributed by atoms with Gasteiger partial charge in [0.2, 0.25) is 0 Å². The van der Waals surface area contributed by atoms with Crippen LogP contribution in [0, 0.1) is 11.8 Å². The van der Waals surface area contributed by atoms with Crippen molar-refractivity contribution >= 4 is 5.97 Å². The van der Waals surface area contributed by atoms with Crippen LogP contribution in [-0.4, -0.2) is 26.9 Å². The first-order valence-electron chi connectivity index (χ1n) is 6.34. The van der Waals surface area contributed by atoms with Gasteiger partial charge in [-0.05, 0) is 56.4 Å². The molecule has 2 saturated carbocycles. The van der Waals surface area contributed by atoms with Crippen LogP contribution in [-0.2, 0) is 4.79 Å². The molecule has 0 aliphatic heterocycles. The summed E-state index contributed by atoms with van der Waals surface area (Å²) in [6.07, 6.45) is 4.98. The van der Waals surface area contributed by atoms with Gasteiger partial charge in [0.25, 0.3) is 0 Å². The Balaban J connectivity index is 0.000000174. The molecule has 4 aliphatic carbocycles. The molecule has 0 spiro atoms. The van der Waals surface area contributed by atoms with Crippen LogP contribution >= 0.6 is 0 Å². The highest BCUT2D eigenvalue weighted by atomic mass is 16.4. The molecule has 0 amide bonds. The summed E-state index contributed by atoms with van der Waals surface area (Å²) in [4.78, 5) is 9.60. The number of hydrogen-bond acceptors (Lipinski definition) is 3. The van der Waals surface area contributed by atoms with Crippen LogP contribution in [0.1, 0.15) is 39.0 Å². The Morgan fingerprint density at radius 1 is 1.33 bits per heavy atom. The molecule has 0 aromatic rings. The topological polar surface area (TPSA) is 77.8 Å². The lowest BCUT2D eigenvalue weighted by Gasteiger charge is -2.50. The molecule has 0 aromatic carbocycles. The lowest BCUT2D eigenvalue weighted by atomic mass is 9.58. The number of carbonyl (C=O) groups is 1. The average molecular weight is 252 g/mol. The Hall–Kier alpha value is -1.29. The first-order chi connectivity index (χ1) is 8.32. The van der Waals surface area contributed by atoms with E-state index in [1.54, 1.807) is 0 Å². The molecule has 100 valence electrons. The predicted octanol–water partition coefficient (Wildman–Crippen LogP) is 2.40. The van der Waals surface area contributed by atoms with E-state index in [-0.39, 0.29) is 5.57 Å². The zero-order valence-electron chi connectivity index (χ0n) is 10.6. The smallest absolute Gasteiger partial charge is 0.330 e. The van der Waals surface area contributed by atoms with Crippen molar-refractivity contribution in [3.8, 4) is 0 Å². The van der Waals surface area contributed by atoms with E-state index in [1.807, 2.05) is 0 Å². The van der Waals surface area contributed by atoms with Crippen molar-refractivity contribution in [3.63, 3.8) is 0 Å². The molecule has 0 heterocycles. The number of aliphatic hydroxyl groups excluding tert-OH is 1. The van der Waals surface area contributed by atoms with Crippen LogP contribution in [0.25, 0.3) is 0 Å². The largest absolute Gasteiger partial charge is 0.509 e. The van der Waals surface area contributed by atoms with E-state index < -0.39 is 11.6 Å². The molecule has 0 saturated heterocycles. The number of aliphatic hydroxyl groups is 2. The molecule has 4 heteroatoms. The van der Waals surface area contributed by atoms with Gasteiger partial charge in [-0.3, -0.25) is 0 Å². The first kappa shape index (κ1) is 13.1. The molecule has 3 N–H and O–H groups in total. The second-order valence-corrected chi connectivity index (χ2v) is 5.85. The number of allylic oxidation sites excluding steroid dienone is 1. The van der Waals surface area contributed by atoms with Crippen LogP contribution in [0.15, 0.2) is 23.5 Å². The highest BCUT2D eigenvalue weighted by Gasteiger charge is 2.50. The second kappa shape index (κ2) is 4.43. The SMILES string of the molecule is C=C(C)C(=O)O.OC1=C2CC3CC(C2)CC1(O)C3. The summed E-state index contributed by atoms with van der Waals surface area (Å²) in [6, 6.07) is 0. The molecular weight excluding hydrogens is 232 g/mol. The van der Waals surface area contributed by atoms with Crippen molar-refractivity contribution in [1.29, 1.82) is 0 Å². The molecule has 4 aliphatic rings. The Bertz CT molecular complexity index is 394.